The number of rotatable bonds is 5. The summed E-state index contributed by atoms with van der Waals surface area (Å²) in [5.74, 6) is 0.880. The Balaban J connectivity index is 2.20. The van der Waals surface area contributed by atoms with Crippen molar-refractivity contribution in [2.45, 2.75) is 39.2 Å². The molecule has 0 aromatic rings. The third-order valence-electron chi connectivity index (χ3n) is 2.78. The molecule has 0 aromatic heterocycles. The predicted octanol–water partition coefficient (Wildman–Crippen LogP) is 1.37. The predicted molar refractivity (Wildman–Crippen MR) is 53.3 cm³/mol. The molecule has 12 heavy (non-hydrogen) atoms. The van der Waals surface area contributed by atoms with Crippen LogP contribution in [0.25, 0.3) is 0 Å². The minimum atomic E-state index is 0.786. The maximum Gasteiger partial charge on any atom is 0.0107 e. The Kier molecular flexibility index (Phi) is 4.62. The van der Waals surface area contributed by atoms with E-state index in [-0.39, 0.29) is 0 Å². The lowest BCUT2D eigenvalue weighted by molar-refractivity contribution is 0.390. The van der Waals surface area contributed by atoms with E-state index in [0.717, 1.165) is 25.0 Å². The van der Waals surface area contributed by atoms with Crippen LogP contribution in [0.15, 0.2) is 0 Å². The highest BCUT2D eigenvalue weighted by atomic mass is 14.9. The highest BCUT2D eigenvalue weighted by Gasteiger charge is 2.25. The Morgan fingerprint density at radius 1 is 1.17 bits per heavy atom. The van der Waals surface area contributed by atoms with Crippen molar-refractivity contribution in [3.05, 3.63) is 0 Å². The number of hydrogen-bond acceptors (Lipinski definition) is 2. The summed E-state index contributed by atoms with van der Waals surface area (Å²) in [5, 5.41) is 7.00. The Bertz CT molecular complexity index is 114. The molecule has 0 radical (unpaired) electrons. The molecule has 2 heteroatoms. The van der Waals surface area contributed by atoms with Gasteiger partial charge in [0.05, 0.1) is 0 Å². The fourth-order valence-corrected chi connectivity index (χ4v) is 2.14. The zero-order valence-electron chi connectivity index (χ0n) is 8.40. The lowest BCUT2D eigenvalue weighted by atomic mass is 10.0. The Morgan fingerprint density at radius 2 is 2.00 bits per heavy atom. The summed E-state index contributed by atoms with van der Waals surface area (Å²) in [4.78, 5) is 0. The summed E-state index contributed by atoms with van der Waals surface area (Å²) >= 11 is 0. The van der Waals surface area contributed by atoms with Crippen LogP contribution < -0.4 is 10.6 Å². The minimum Gasteiger partial charge on any atom is -0.317 e. The summed E-state index contributed by atoms with van der Waals surface area (Å²) in [7, 11) is 0. The Labute approximate surface area is 76.1 Å². The standard InChI is InChI=1S/C10H22N2/c1-3-11-8-9-6-5-7-10(9)12-4-2/h9-12H,3-8H2,1-2H3. The zero-order valence-corrected chi connectivity index (χ0v) is 8.40. The van der Waals surface area contributed by atoms with Crippen molar-refractivity contribution in [2.24, 2.45) is 5.92 Å². The van der Waals surface area contributed by atoms with Gasteiger partial charge in [0.1, 0.15) is 0 Å². The summed E-state index contributed by atoms with van der Waals surface area (Å²) < 4.78 is 0. The molecule has 1 aliphatic carbocycles. The number of nitrogens with one attached hydrogen (secondary N) is 2. The highest BCUT2D eigenvalue weighted by molar-refractivity contribution is 4.83. The van der Waals surface area contributed by atoms with E-state index >= 15 is 0 Å². The summed E-state index contributed by atoms with van der Waals surface area (Å²) in [6.45, 7) is 7.80. The second kappa shape index (κ2) is 5.55. The van der Waals surface area contributed by atoms with Crippen molar-refractivity contribution in [3.63, 3.8) is 0 Å². The van der Waals surface area contributed by atoms with Crippen LogP contribution in [-0.2, 0) is 0 Å². The van der Waals surface area contributed by atoms with Crippen LogP contribution in [0.5, 0.6) is 0 Å². The van der Waals surface area contributed by atoms with E-state index in [1.54, 1.807) is 0 Å². The molecular weight excluding hydrogens is 148 g/mol. The van der Waals surface area contributed by atoms with Crippen molar-refractivity contribution >= 4 is 0 Å². The molecule has 1 fully saturated rings. The van der Waals surface area contributed by atoms with Gasteiger partial charge in [-0.15, -0.1) is 0 Å². The molecule has 0 saturated heterocycles. The van der Waals surface area contributed by atoms with Crippen LogP contribution >= 0.6 is 0 Å². The second-order valence-corrected chi connectivity index (χ2v) is 3.66. The SMILES string of the molecule is CCNCC1CCCC1NCC. The van der Waals surface area contributed by atoms with Crippen LogP contribution in [0.3, 0.4) is 0 Å². The lowest BCUT2D eigenvalue weighted by Gasteiger charge is -2.20. The first-order chi connectivity index (χ1) is 5.88. The molecule has 0 aromatic carbocycles. The first-order valence-electron chi connectivity index (χ1n) is 5.32. The smallest absolute Gasteiger partial charge is 0.0107 e. The monoisotopic (exact) mass is 170 g/mol. The molecule has 0 heterocycles. The lowest BCUT2D eigenvalue weighted by Crippen LogP contribution is -2.37. The average molecular weight is 170 g/mol. The molecule has 1 rings (SSSR count). The summed E-state index contributed by atoms with van der Waals surface area (Å²) in [6.07, 6.45) is 4.20. The van der Waals surface area contributed by atoms with Gasteiger partial charge in [-0.2, -0.15) is 0 Å². The van der Waals surface area contributed by atoms with Crippen LogP contribution in [0.2, 0.25) is 0 Å². The molecule has 1 aliphatic rings. The van der Waals surface area contributed by atoms with Gasteiger partial charge in [0.25, 0.3) is 0 Å². The first-order valence-corrected chi connectivity index (χ1v) is 5.32. The molecule has 0 aliphatic heterocycles. The van der Waals surface area contributed by atoms with E-state index in [4.69, 9.17) is 0 Å². The molecule has 1 saturated carbocycles. The van der Waals surface area contributed by atoms with Gasteiger partial charge in [-0.05, 0) is 38.4 Å². The Morgan fingerprint density at radius 3 is 2.67 bits per heavy atom. The quantitative estimate of drug-likeness (QED) is 0.651. The summed E-state index contributed by atoms with van der Waals surface area (Å²) in [6, 6.07) is 0.786. The van der Waals surface area contributed by atoms with Crippen LogP contribution in [-0.4, -0.2) is 25.7 Å². The third-order valence-corrected chi connectivity index (χ3v) is 2.78. The largest absolute Gasteiger partial charge is 0.317 e. The van der Waals surface area contributed by atoms with Gasteiger partial charge in [0, 0.05) is 6.04 Å². The van der Waals surface area contributed by atoms with E-state index in [9.17, 15) is 0 Å². The van der Waals surface area contributed by atoms with Gasteiger partial charge < -0.3 is 10.6 Å². The molecular formula is C10H22N2. The number of hydrogen-bond donors (Lipinski definition) is 2. The highest BCUT2D eigenvalue weighted by Crippen LogP contribution is 2.24. The van der Waals surface area contributed by atoms with Crippen molar-refractivity contribution in [1.29, 1.82) is 0 Å². The molecule has 2 unspecified atom stereocenters. The fraction of sp³-hybridized carbons (Fsp3) is 1.00. The van der Waals surface area contributed by atoms with Crippen molar-refractivity contribution in [3.8, 4) is 0 Å². The molecule has 2 atom stereocenters. The van der Waals surface area contributed by atoms with Crippen LogP contribution in [0.4, 0.5) is 0 Å². The zero-order chi connectivity index (χ0) is 8.81. The van der Waals surface area contributed by atoms with Gasteiger partial charge in [0.15, 0.2) is 0 Å². The van der Waals surface area contributed by atoms with E-state index < -0.39 is 0 Å². The third kappa shape index (κ3) is 2.76. The van der Waals surface area contributed by atoms with Gasteiger partial charge in [-0.3, -0.25) is 0 Å². The van der Waals surface area contributed by atoms with Gasteiger partial charge >= 0.3 is 0 Å². The van der Waals surface area contributed by atoms with E-state index in [0.29, 0.717) is 0 Å². The van der Waals surface area contributed by atoms with Crippen LogP contribution in [0, 0.1) is 5.92 Å². The van der Waals surface area contributed by atoms with Gasteiger partial charge in [-0.1, -0.05) is 20.3 Å². The normalized spacial score (nSPS) is 29.5. The molecule has 72 valence electrons. The molecule has 0 bridgehead atoms. The maximum atomic E-state index is 3.56. The minimum absolute atomic E-state index is 0.786. The van der Waals surface area contributed by atoms with Gasteiger partial charge in [-0.25, -0.2) is 0 Å². The van der Waals surface area contributed by atoms with E-state index in [1.807, 2.05) is 0 Å². The van der Waals surface area contributed by atoms with Gasteiger partial charge in [0.2, 0.25) is 0 Å². The molecule has 0 amide bonds. The van der Waals surface area contributed by atoms with Crippen LogP contribution in [0.1, 0.15) is 33.1 Å². The first kappa shape index (κ1) is 10.0. The second-order valence-electron chi connectivity index (χ2n) is 3.66. The van der Waals surface area contributed by atoms with E-state index in [2.05, 4.69) is 24.5 Å². The fourth-order valence-electron chi connectivity index (χ4n) is 2.14. The van der Waals surface area contributed by atoms with Crippen molar-refractivity contribution < 1.29 is 0 Å². The molecule has 2 N–H and O–H groups in total. The van der Waals surface area contributed by atoms with Crippen molar-refractivity contribution in [2.75, 3.05) is 19.6 Å². The average Bonchev–Trinajstić information content (AvgIpc) is 2.50. The Hall–Kier alpha value is -0.0800. The van der Waals surface area contributed by atoms with Crippen molar-refractivity contribution in [1.82, 2.24) is 10.6 Å². The van der Waals surface area contributed by atoms with E-state index in [1.165, 1.54) is 25.8 Å². The maximum absolute atomic E-state index is 3.56. The topological polar surface area (TPSA) is 24.1 Å². The molecule has 2 nitrogen and oxygen atoms in total. The molecule has 0 spiro atoms. The summed E-state index contributed by atoms with van der Waals surface area (Å²) in [5.41, 5.74) is 0.